The van der Waals surface area contributed by atoms with Gasteiger partial charge >= 0.3 is 0 Å². The topological polar surface area (TPSA) is 45.1 Å². The smallest absolute Gasteiger partial charge is 0.124 e. The predicted molar refractivity (Wildman–Crippen MR) is 90.0 cm³/mol. The number of aliphatic hydroxyl groups is 1. The number of hydrogen-bond acceptors (Lipinski definition) is 3. The Morgan fingerprint density at radius 2 is 2.00 bits per heavy atom. The Labute approximate surface area is 135 Å². The van der Waals surface area contributed by atoms with Gasteiger partial charge in [0.25, 0.3) is 0 Å². The summed E-state index contributed by atoms with van der Waals surface area (Å²) >= 11 is 0. The lowest BCUT2D eigenvalue weighted by atomic mass is 10.1. The molecule has 2 aromatic rings. The average Bonchev–Trinajstić information content (AvgIpc) is 2.50. The van der Waals surface area contributed by atoms with Gasteiger partial charge in [0.05, 0.1) is 17.0 Å². The monoisotopic (exact) mass is 310 g/mol. The van der Waals surface area contributed by atoms with Gasteiger partial charge in [-0.2, -0.15) is 0 Å². The third-order valence-corrected chi connectivity index (χ3v) is 2.98. The molecule has 0 fully saturated rings. The van der Waals surface area contributed by atoms with Crippen LogP contribution in [0.4, 0.5) is 4.39 Å². The molecule has 4 heteroatoms. The van der Waals surface area contributed by atoms with Gasteiger partial charge in [-0.15, -0.1) is 0 Å². The minimum absolute atomic E-state index is 0.306. The summed E-state index contributed by atoms with van der Waals surface area (Å²) in [4.78, 5) is 4.29. The Hall–Kier alpha value is -2.64. The van der Waals surface area contributed by atoms with Gasteiger partial charge in [0.15, 0.2) is 0 Å². The molecule has 118 valence electrons. The quantitative estimate of drug-likeness (QED) is 0.854. The normalized spacial score (nSPS) is 10.6. The van der Waals surface area contributed by atoms with E-state index in [0.29, 0.717) is 23.5 Å². The van der Waals surface area contributed by atoms with Crippen molar-refractivity contribution in [2.75, 3.05) is 6.54 Å². The molecule has 0 saturated carbocycles. The molecular weight excluding hydrogens is 291 g/mol. The van der Waals surface area contributed by atoms with Crippen LogP contribution in [0.15, 0.2) is 49.2 Å². The van der Waals surface area contributed by atoms with Crippen LogP contribution in [0, 0.1) is 17.7 Å². The average molecular weight is 310 g/mol. The number of hydrogen-bond donors (Lipinski definition) is 2. The minimum Gasteiger partial charge on any atom is -0.389 e. The van der Waals surface area contributed by atoms with Crippen molar-refractivity contribution < 1.29 is 9.50 Å². The Balaban J connectivity index is 2.04. The van der Waals surface area contributed by atoms with Crippen LogP contribution in [0.3, 0.4) is 0 Å². The van der Waals surface area contributed by atoms with Gasteiger partial charge in [0, 0.05) is 23.9 Å². The molecule has 0 bridgehead atoms. The zero-order chi connectivity index (χ0) is 16.9. The SMILES string of the molecule is C=C(NCC(C)(C)O)c1ccc(C#Cc2cccc(F)c2)cn1. The van der Waals surface area contributed by atoms with Gasteiger partial charge in [-0.05, 0) is 44.2 Å². The maximum absolute atomic E-state index is 13.1. The van der Waals surface area contributed by atoms with Gasteiger partial charge in [-0.3, -0.25) is 4.98 Å². The summed E-state index contributed by atoms with van der Waals surface area (Å²) in [5.41, 5.74) is 1.85. The van der Waals surface area contributed by atoms with Crippen molar-refractivity contribution in [3.8, 4) is 11.8 Å². The number of nitrogens with one attached hydrogen (secondary N) is 1. The van der Waals surface area contributed by atoms with Crippen LogP contribution < -0.4 is 5.32 Å². The highest BCUT2D eigenvalue weighted by molar-refractivity contribution is 5.58. The molecule has 0 radical (unpaired) electrons. The van der Waals surface area contributed by atoms with Crippen molar-refractivity contribution in [3.05, 3.63) is 71.8 Å². The summed E-state index contributed by atoms with van der Waals surface area (Å²) in [6, 6.07) is 9.77. The maximum Gasteiger partial charge on any atom is 0.124 e. The van der Waals surface area contributed by atoms with E-state index >= 15 is 0 Å². The molecule has 0 saturated heterocycles. The molecule has 0 aliphatic heterocycles. The van der Waals surface area contributed by atoms with Gasteiger partial charge in [-0.1, -0.05) is 24.5 Å². The summed E-state index contributed by atoms with van der Waals surface area (Å²) in [6.07, 6.45) is 1.64. The van der Waals surface area contributed by atoms with Gasteiger partial charge in [0.1, 0.15) is 5.82 Å². The summed E-state index contributed by atoms with van der Waals surface area (Å²) < 4.78 is 13.1. The highest BCUT2D eigenvalue weighted by Gasteiger charge is 2.12. The lowest BCUT2D eigenvalue weighted by molar-refractivity contribution is 0.0843. The first-order chi connectivity index (χ1) is 10.8. The first-order valence-corrected chi connectivity index (χ1v) is 7.23. The van der Waals surface area contributed by atoms with E-state index in [0.717, 1.165) is 5.56 Å². The number of benzene rings is 1. The summed E-state index contributed by atoms with van der Waals surface area (Å²) in [5, 5.41) is 12.7. The minimum atomic E-state index is -0.820. The fourth-order valence-electron chi connectivity index (χ4n) is 1.77. The second-order valence-corrected chi connectivity index (χ2v) is 5.84. The highest BCUT2D eigenvalue weighted by atomic mass is 19.1. The zero-order valence-corrected chi connectivity index (χ0v) is 13.2. The summed E-state index contributed by atoms with van der Waals surface area (Å²) in [6.45, 7) is 7.71. The Morgan fingerprint density at radius 1 is 1.26 bits per heavy atom. The van der Waals surface area contributed by atoms with E-state index in [9.17, 15) is 9.50 Å². The number of aromatic nitrogens is 1. The molecule has 0 amide bonds. The number of nitrogens with zero attached hydrogens (tertiary/aromatic N) is 1. The summed E-state index contributed by atoms with van der Waals surface area (Å²) in [7, 11) is 0. The van der Waals surface area contributed by atoms with E-state index < -0.39 is 5.60 Å². The largest absolute Gasteiger partial charge is 0.389 e. The highest BCUT2D eigenvalue weighted by Crippen LogP contribution is 2.09. The van der Waals surface area contributed by atoms with Crippen LogP contribution in [0.5, 0.6) is 0 Å². The van der Waals surface area contributed by atoms with Crippen LogP contribution in [0.25, 0.3) is 5.70 Å². The third kappa shape index (κ3) is 5.57. The van der Waals surface area contributed by atoms with Gasteiger partial charge in [0.2, 0.25) is 0 Å². The molecule has 2 rings (SSSR count). The molecule has 3 nitrogen and oxygen atoms in total. The van der Waals surface area contributed by atoms with Crippen molar-refractivity contribution in [1.29, 1.82) is 0 Å². The van der Waals surface area contributed by atoms with E-state index in [1.807, 2.05) is 6.07 Å². The molecular formula is C19H19FN2O. The molecule has 0 aliphatic rings. The van der Waals surface area contributed by atoms with E-state index in [2.05, 4.69) is 28.7 Å². The zero-order valence-electron chi connectivity index (χ0n) is 13.2. The lowest BCUT2D eigenvalue weighted by Crippen LogP contribution is -2.33. The van der Waals surface area contributed by atoms with Gasteiger partial charge in [-0.25, -0.2) is 4.39 Å². The van der Waals surface area contributed by atoms with Gasteiger partial charge < -0.3 is 10.4 Å². The second-order valence-electron chi connectivity index (χ2n) is 5.84. The first kappa shape index (κ1) is 16.7. The van der Waals surface area contributed by atoms with Crippen LogP contribution in [0.1, 0.15) is 30.7 Å². The molecule has 0 atom stereocenters. The molecule has 23 heavy (non-hydrogen) atoms. The molecule has 1 aromatic heterocycles. The van der Waals surface area contributed by atoms with E-state index in [1.165, 1.54) is 12.1 Å². The van der Waals surface area contributed by atoms with E-state index in [4.69, 9.17) is 0 Å². The maximum atomic E-state index is 13.1. The number of rotatable bonds is 4. The first-order valence-electron chi connectivity index (χ1n) is 7.23. The Bertz CT molecular complexity index is 749. The number of pyridine rings is 1. The predicted octanol–water partition coefficient (Wildman–Crippen LogP) is 2.95. The van der Waals surface area contributed by atoms with E-state index in [1.54, 1.807) is 38.2 Å². The summed E-state index contributed by atoms with van der Waals surface area (Å²) in [5.74, 6) is 5.53. The molecule has 0 aliphatic carbocycles. The lowest BCUT2D eigenvalue weighted by Gasteiger charge is -2.19. The van der Waals surface area contributed by atoms with Crippen LogP contribution in [0.2, 0.25) is 0 Å². The van der Waals surface area contributed by atoms with Crippen LogP contribution in [-0.4, -0.2) is 22.2 Å². The van der Waals surface area contributed by atoms with E-state index in [-0.39, 0.29) is 5.82 Å². The van der Waals surface area contributed by atoms with Crippen molar-refractivity contribution >= 4 is 5.70 Å². The van der Waals surface area contributed by atoms with Crippen molar-refractivity contribution in [2.45, 2.75) is 19.4 Å². The third-order valence-electron chi connectivity index (χ3n) is 2.98. The second kappa shape index (κ2) is 7.08. The van der Waals surface area contributed by atoms with Crippen LogP contribution in [-0.2, 0) is 0 Å². The molecule has 0 spiro atoms. The fraction of sp³-hybridized carbons (Fsp3) is 0.211. The van der Waals surface area contributed by atoms with Crippen molar-refractivity contribution in [3.63, 3.8) is 0 Å². The van der Waals surface area contributed by atoms with Crippen molar-refractivity contribution in [1.82, 2.24) is 10.3 Å². The fourth-order valence-corrected chi connectivity index (χ4v) is 1.77. The molecule has 1 aromatic carbocycles. The Morgan fingerprint density at radius 3 is 2.61 bits per heavy atom. The standard InChI is InChI=1S/C19H19FN2O/c1-14(22-13-19(2,3)23)18-10-9-16(12-21-18)8-7-15-5-4-6-17(20)11-15/h4-6,9-12,22-23H,1,13H2,2-3H3. The molecule has 2 N–H and O–H groups in total. The van der Waals surface area contributed by atoms with Crippen molar-refractivity contribution in [2.24, 2.45) is 0 Å². The molecule has 1 heterocycles. The Kier molecular flexibility index (Phi) is 5.15. The number of halogens is 1. The molecule has 0 unspecified atom stereocenters. The van der Waals surface area contributed by atoms with Crippen LogP contribution >= 0.6 is 0 Å².